The summed E-state index contributed by atoms with van der Waals surface area (Å²) >= 11 is 1.61. The fourth-order valence-corrected chi connectivity index (χ4v) is 5.09. The number of rotatable bonds is 6. The summed E-state index contributed by atoms with van der Waals surface area (Å²) in [5, 5.41) is 14.4. The Kier molecular flexibility index (Phi) is 6.75. The molecule has 3 aliphatic heterocycles. The Morgan fingerprint density at radius 3 is 2.77 bits per heavy atom. The topological polar surface area (TPSA) is 142 Å². The summed E-state index contributed by atoms with van der Waals surface area (Å²) < 4.78 is 4.76. The Hall–Kier alpha value is -2.08. The monoisotopic (exact) mass is 444 g/mol. The molecular weight excluding hydrogens is 423 g/mol. The second kappa shape index (κ2) is 8.96. The molecule has 12 heteroatoms. The van der Waals surface area contributed by atoms with E-state index in [1.54, 1.807) is 11.3 Å². The van der Waals surface area contributed by atoms with Gasteiger partial charge in [0, 0.05) is 23.9 Å². The third-order valence-electron chi connectivity index (χ3n) is 5.53. The number of ether oxygens (including phenoxy) is 1. The molecule has 0 spiro atoms. The number of nitrogens with zero attached hydrogens (tertiary/aromatic N) is 2. The van der Waals surface area contributed by atoms with Gasteiger partial charge in [-0.15, -0.1) is 11.3 Å². The molecule has 4 heterocycles. The van der Waals surface area contributed by atoms with Gasteiger partial charge >= 0.3 is 47.7 Å². The van der Waals surface area contributed by atoms with Crippen LogP contribution < -0.4 is 11.1 Å². The number of primary amides is 1. The first-order valence-electron chi connectivity index (χ1n) is 9.16. The van der Waals surface area contributed by atoms with Crippen LogP contribution in [-0.2, 0) is 20.7 Å². The van der Waals surface area contributed by atoms with Crippen molar-refractivity contribution in [2.75, 3.05) is 19.7 Å². The Morgan fingerprint density at radius 1 is 1.37 bits per heavy atom. The Bertz CT molecular complexity index is 904. The number of likely N-dealkylation sites (tertiary alicyclic amines) is 1. The van der Waals surface area contributed by atoms with Crippen LogP contribution in [-0.4, -0.2) is 100 Å². The molecule has 30 heavy (non-hydrogen) atoms. The summed E-state index contributed by atoms with van der Waals surface area (Å²) in [6, 6.07) is 2.58. The molecule has 1 aromatic rings. The Labute approximate surface area is 198 Å². The van der Waals surface area contributed by atoms with Crippen molar-refractivity contribution in [1.82, 2.24) is 15.1 Å². The summed E-state index contributed by atoms with van der Waals surface area (Å²) in [6.45, 7) is 0.489. The van der Waals surface area contributed by atoms with Crippen molar-refractivity contribution in [3.8, 4) is 0 Å². The maximum atomic E-state index is 12.7. The van der Waals surface area contributed by atoms with E-state index in [4.69, 9.17) is 10.5 Å². The molecule has 2 fully saturated rings. The molecule has 3 atom stereocenters. The molecule has 1 aromatic heterocycles. The molecule has 4 rings (SSSR count). The van der Waals surface area contributed by atoms with Crippen molar-refractivity contribution < 1.29 is 29.0 Å². The first kappa shape index (κ1) is 22.6. The van der Waals surface area contributed by atoms with Crippen LogP contribution in [0.2, 0.25) is 0 Å². The molecule has 0 unspecified atom stereocenters. The van der Waals surface area contributed by atoms with Crippen LogP contribution in [0.1, 0.15) is 11.3 Å². The summed E-state index contributed by atoms with van der Waals surface area (Å²) in [4.78, 5) is 51.9. The van der Waals surface area contributed by atoms with Gasteiger partial charge in [0.05, 0.1) is 6.04 Å². The fourth-order valence-electron chi connectivity index (χ4n) is 4.38. The average Bonchev–Trinajstić information content (AvgIpc) is 3.30. The number of aliphatic carboxylic acids is 1. The van der Waals surface area contributed by atoms with Crippen LogP contribution in [0.15, 0.2) is 28.8 Å². The van der Waals surface area contributed by atoms with Gasteiger partial charge in [0.1, 0.15) is 18.3 Å². The minimum atomic E-state index is -1.27. The van der Waals surface area contributed by atoms with Crippen LogP contribution >= 0.6 is 11.3 Å². The number of carboxylic acid groups (broad SMARTS) is 1. The number of thiophene rings is 1. The van der Waals surface area contributed by atoms with Crippen LogP contribution in [0, 0.1) is 5.92 Å². The third kappa shape index (κ3) is 3.94. The van der Waals surface area contributed by atoms with E-state index in [2.05, 4.69) is 5.32 Å². The van der Waals surface area contributed by atoms with Crippen LogP contribution in [0.25, 0.3) is 0 Å². The van der Waals surface area contributed by atoms with Gasteiger partial charge < -0.3 is 25.8 Å². The number of nitrogens with one attached hydrogen (secondary N) is 1. The second-order valence-electron chi connectivity index (χ2n) is 7.19. The number of carboxylic acids is 1. The molecule has 156 valence electrons. The predicted octanol–water partition coefficient (Wildman–Crippen LogP) is -0.299. The number of hydrogen-bond donors (Lipinski definition) is 3. The van der Waals surface area contributed by atoms with Gasteiger partial charge in [-0.2, -0.15) is 0 Å². The number of urea groups is 1. The Morgan fingerprint density at radius 2 is 2.13 bits per heavy atom. The number of carbonyl (C=O) groups is 4. The molecule has 0 aromatic carbocycles. The van der Waals surface area contributed by atoms with Crippen LogP contribution in [0.3, 0.4) is 0 Å². The van der Waals surface area contributed by atoms with Crippen molar-refractivity contribution in [1.29, 1.82) is 0 Å². The second-order valence-corrected chi connectivity index (χ2v) is 8.22. The molecule has 10 nitrogen and oxygen atoms in total. The zero-order valence-corrected chi connectivity index (χ0v) is 16.2. The van der Waals surface area contributed by atoms with Crippen molar-refractivity contribution in [3.63, 3.8) is 0 Å². The number of amides is 4. The number of hydrogen-bond acceptors (Lipinski definition) is 6. The van der Waals surface area contributed by atoms with E-state index in [9.17, 15) is 24.3 Å². The van der Waals surface area contributed by atoms with Crippen molar-refractivity contribution in [3.05, 3.63) is 33.7 Å². The van der Waals surface area contributed by atoms with Crippen molar-refractivity contribution >= 4 is 64.9 Å². The van der Waals surface area contributed by atoms with Gasteiger partial charge in [0.15, 0.2) is 0 Å². The molecule has 0 bridgehead atoms. The zero-order valence-electron chi connectivity index (χ0n) is 15.4. The summed E-state index contributed by atoms with van der Waals surface area (Å²) in [5.74, 6) is -1.81. The molecule has 4 N–H and O–H groups in total. The zero-order chi connectivity index (χ0) is 20.7. The van der Waals surface area contributed by atoms with E-state index in [1.165, 1.54) is 9.80 Å². The first-order chi connectivity index (χ1) is 13.9. The van der Waals surface area contributed by atoms with Gasteiger partial charge in [-0.25, -0.2) is 14.4 Å². The molecule has 4 amide bonds. The molecular formula is C18H21N4NaO6S. The standard InChI is InChI=1S/C18H20N4O6S.Na.H/c19-17(26)28-8-10-6-9-7-21(18(27)20-4-3-11-2-1-5-29-11)14-12(9)22(15(14)23)13(10)16(24)25;;/h1-2,5,9,12,14H,3-4,6-8H2,(H2,19,26)(H,20,27)(H,24,25);;/t9-,12-,14+;;/m1../s1. The average molecular weight is 444 g/mol. The Balaban J connectivity index is 0.00000256. The molecule has 0 aliphatic carbocycles. The van der Waals surface area contributed by atoms with Gasteiger partial charge in [-0.1, -0.05) is 6.07 Å². The normalized spacial score (nSPS) is 24.0. The van der Waals surface area contributed by atoms with E-state index in [0.29, 0.717) is 31.5 Å². The van der Waals surface area contributed by atoms with Gasteiger partial charge in [0.25, 0.3) is 5.91 Å². The third-order valence-corrected chi connectivity index (χ3v) is 6.46. The number of nitrogens with two attached hydrogens (primary N) is 1. The van der Waals surface area contributed by atoms with E-state index in [-0.39, 0.29) is 59.9 Å². The van der Waals surface area contributed by atoms with E-state index >= 15 is 0 Å². The summed E-state index contributed by atoms with van der Waals surface area (Å²) in [6.07, 6.45) is 0.00263. The molecule has 0 radical (unpaired) electrons. The fraction of sp³-hybridized carbons (Fsp3) is 0.444. The van der Waals surface area contributed by atoms with Crippen LogP contribution in [0.4, 0.5) is 9.59 Å². The molecule has 2 saturated heterocycles. The first-order valence-corrected chi connectivity index (χ1v) is 10.0. The van der Waals surface area contributed by atoms with Gasteiger partial charge in [0.2, 0.25) is 0 Å². The van der Waals surface area contributed by atoms with Gasteiger partial charge in [-0.3, -0.25) is 9.69 Å². The number of carbonyl (C=O) groups excluding carboxylic acids is 3. The van der Waals surface area contributed by atoms with Crippen molar-refractivity contribution in [2.24, 2.45) is 11.7 Å². The van der Waals surface area contributed by atoms with E-state index in [1.807, 2.05) is 17.5 Å². The van der Waals surface area contributed by atoms with Gasteiger partial charge in [-0.05, 0) is 29.9 Å². The molecule has 3 aliphatic rings. The van der Waals surface area contributed by atoms with E-state index in [0.717, 1.165) is 4.88 Å². The SMILES string of the molecule is NC(=O)OCC1=C(C(=O)O)N2C(=O)[C@@H]3[C@H]2[C@H](C1)CN3C(=O)NCCc1cccs1.[NaH]. The predicted molar refractivity (Wildman–Crippen MR) is 108 cm³/mol. The number of β-lactam (4-membered cyclic amide) rings is 1. The van der Waals surface area contributed by atoms with E-state index < -0.39 is 24.0 Å². The quantitative estimate of drug-likeness (QED) is 0.406. The summed E-state index contributed by atoms with van der Waals surface area (Å²) in [7, 11) is 0. The van der Waals surface area contributed by atoms with Crippen LogP contribution in [0.5, 0.6) is 0 Å². The molecule has 0 saturated carbocycles. The summed E-state index contributed by atoms with van der Waals surface area (Å²) in [5.41, 5.74) is 5.13. The maximum absolute atomic E-state index is 12.7. The van der Waals surface area contributed by atoms with Crippen molar-refractivity contribution in [2.45, 2.75) is 24.9 Å². The minimum absolute atomic E-state index is 0.